The van der Waals surface area contributed by atoms with E-state index in [2.05, 4.69) is 15.1 Å². The first-order valence-corrected chi connectivity index (χ1v) is 12.9. The third-order valence-corrected chi connectivity index (χ3v) is 7.61. The van der Waals surface area contributed by atoms with Crippen molar-refractivity contribution < 1.29 is 22.3 Å². The number of rotatable bonds is 7. The Labute approximate surface area is 219 Å². The number of ether oxygens (including phenoxy) is 1. The number of hydrogen-bond acceptors (Lipinski definition) is 4. The summed E-state index contributed by atoms with van der Waals surface area (Å²) in [6, 6.07) is 11.0. The zero-order valence-electron chi connectivity index (χ0n) is 19.9. The van der Waals surface area contributed by atoms with E-state index < -0.39 is 18.4 Å². The van der Waals surface area contributed by atoms with Crippen LogP contribution in [0.15, 0.2) is 42.5 Å². The molecular weight excluding hydrogens is 514 g/mol. The molecule has 1 heterocycles. The van der Waals surface area contributed by atoms with E-state index in [1.165, 1.54) is 12.1 Å². The molecule has 1 aliphatic carbocycles. The second-order valence-electron chi connectivity index (χ2n) is 9.28. The maximum atomic E-state index is 13.0. The van der Waals surface area contributed by atoms with E-state index >= 15 is 0 Å². The molecule has 36 heavy (non-hydrogen) atoms. The van der Waals surface area contributed by atoms with E-state index in [1.807, 2.05) is 6.07 Å². The summed E-state index contributed by atoms with van der Waals surface area (Å²) in [5.41, 5.74) is 1.53. The Kier molecular flexibility index (Phi) is 8.96. The van der Waals surface area contributed by atoms with Gasteiger partial charge in [0.25, 0.3) is 0 Å². The summed E-state index contributed by atoms with van der Waals surface area (Å²) < 4.78 is 57.5. The van der Waals surface area contributed by atoms with Crippen molar-refractivity contribution in [2.24, 2.45) is 0 Å². The summed E-state index contributed by atoms with van der Waals surface area (Å²) in [5, 5.41) is 3.91. The highest BCUT2D eigenvalue weighted by molar-refractivity contribution is 7.80. The highest BCUT2D eigenvalue weighted by Crippen LogP contribution is 2.31. The molecular formula is C26H30ClF4N3OS. The molecule has 0 radical (unpaired) electrons. The number of nitrogens with zero attached hydrogens (tertiary/aromatic N) is 2. The van der Waals surface area contributed by atoms with Crippen LogP contribution in [0.5, 0.6) is 0 Å². The number of hydrogen-bond donors (Lipinski definition) is 1. The van der Waals surface area contributed by atoms with Crippen LogP contribution in [0.25, 0.3) is 0 Å². The minimum atomic E-state index is -4.32. The lowest BCUT2D eigenvalue weighted by Crippen LogP contribution is -2.49. The zero-order valence-corrected chi connectivity index (χ0v) is 21.4. The molecule has 1 aliphatic heterocycles. The van der Waals surface area contributed by atoms with Crippen LogP contribution in [0.1, 0.15) is 36.8 Å². The molecule has 2 fully saturated rings. The third kappa shape index (κ3) is 7.01. The summed E-state index contributed by atoms with van der Waals surface area (Å²) in [6.45, 7) is 2.62. The van der Waals surface area contributed by atoms with Crippen LogP contribution < -0.4 is 10.2 Å². The lowest BCUT2D eigenvalue weighted by atomic mass is 9.92. The van der Waals surface area contributed by atoms with E-state index in [9.17, 15) is 17.6 Å². The van der Waals surface area contributed by atoms with E-state index in [-0.39, 0.29) is 6.10 Å². The predicted molar refractivity (Wildman–Crippen MR) is 140 cm³/mol. The molecule has 0 aromatic heterocycles. The van der Waals surface area contributed by atoms with Crippen LogP contribution in [0.3, 0.4) is 0 Å². The number of halogens is 5. The summed E-state index contributed by atoms with van der Waals surface area (Å²) >= 11 is 11.6. The average Bonchev–Trinajstić information content (AvgIpc) is 2.89. The standard InChI is InChI=1S/C26H30ClF4N3OS/c27-24-10-5-21(15-18(24)16-28)32-20-3-8-23(9-4-20)35-17-25(36)34-13-11-33(12-14-34)22-6-1-19(2-7-22)26(29,30)31/h1-2,5-7,10,15,20,23,32H,3-4,8-9,11-14,16-17H2. The number of anilines is 2. The van der Waals surface area contributed by atoms with Gasteiger partial charge in [-0.15, -0.1) is 0 Å². The topological polar surface area (TPSA) is 27.7 Å². The van der Waals surface area contributed by atoms with Crippen molar-refractivity contribution in [3.8, 4) is 0 Å². The molecule has 196 valence electrons. The molecule has 0 spiro atoms. The number of benzene rings is 2. The fraction of sp³-hybridized carbons (Fsp3) is 0.500. The van der Waals surface area contributed by atoms with Gasteiger partial charge in [-0.1, -0.05) is 23.8 Å². The van der Waals surface area contributed by atoms with Crippen LogP contribution in [-0.4, -0.2) is 54.8 Å². The van der Waals surface area contributed by atoms with E-state index in [4.69, 9.17) is 28.6 Å². The van der Waals surface area contributed by atoms with Gasteiger partial charge < -0.3 is 19.9 Å². The smallest absolute Gasteiger partial charge is 0.382 e. The van der Waals surface area contributed by atoms with Gasteiger partial charge in [0.2, 0.25) is 0 Å². The Balaban J connectivity index is 1.16. The van der Waals surface area contributed by atoms with Gasteiger partial charge in [-0.25, -0.2) is 4.39 Å². The van der Waals surface area contributed by atoms with Crippen LogP contribution in [0.4, 0.5) is 28.9 Å². The lowest BCUT2D eigenvalue weighted by Gasteiger charge is -2.38. The van der Waals surface area contributed by atoms with Crippen molar-refractivity contribution in [1.82, 2.24) is 4.90 Å². The summed E-state index contributed by atoms with van der Waals surface area (Å²) in [5.74, 6) is 0. The molecule has 2 aromatic carbocycles. The number of piperazine rings is 1. The van der Waals surface area contributed by atoms with Gasteiger partial charge in [0, 0.05) is 54.2 Å². The summed E-state index contributed by atoms with van der Waals surface area (Å²) in [4.78, 5) is 4.96. The second kappa shape index (κ2) is 12.0. The SMILES string of the molecule is FCc1cc(NC2CCC(OCC(=S)N3CCN(c4ccc(C(F)(F)F)cc4)CC3)CC2)ccc1Cl. The molecule has 2 aromatic rings. The normalized spacial score (nSPS) is 20.9. The molecule has 0 unspecified atom stereocenters. The Bertz CT molecular complexity index is 1020. The first-order valence-electron chi connectivity index (χ1n) is 12.2. The van der Waals surface area contributed by atoms with Crippen LogP contribution in [-0.2, 0) is 17.6 Å². The highest BCUT2D eigenvalue weighted by Gasteiger charge is 2.30. The molecule has 2 aliphatic rings. The molecule has 1 saturated carbocycles. The molecule has 4 rings (SSSR count). The second-order valence-corrected chi connectivity index (χ2v) is 10.2. The van der Waals surface area contributed by atoms with Crippen molar-refractivity contribution in [2.75, 3.05) is 43.0 Å². The Morgan fingerprint density at radius 1 is 1.00 bits per heavy atom. The maximum absolute atomic E-state index is 13.0. The average molecular weight is 544 g/mol. The fourth-order valence-corrected chi connectivity index (χ4v) is 5.15. The van der Waals surface area contributed by atoms with Gasteiger partial charge in [0.15, 0.2) is 0 Å². The zero-order chi connectivity index (χ0) is 25.7. The predicted octanol–water partition coefficient (Wildman–Crippen LogP) is 6.72. The van der Waals surface area contributed by atoms with Crippen LogP contribution >= 0.6 is 23.8 Å². The summed E-state index contributed by atoms with van der Waals surface area (Å²) in [7, 11) is 0. The molecule has 0 atom stereocenters. The molecule has 1 N–H and O–H groups in total. The molecule has 1 saturated heterocycles. The summed E-state index contributed by atoms with van der Waals surface area (Å²) in [6.07, 6.45) is -0.415. The van der Waals surface area contributed by atoms with E-state index in [1.54, 1.807) is 12.1 Å². The van der Waals surface area contributed by atoms with Gasteiger partial charge in [0.1, 0.15) is 11.7 Å². The Morgan fingerprint density at radius 3 is 2.28 bits per heavy atom. The van der Waals surface area contributed by atoms with Gasteiger partial charge in [0.05, 0.1) is 18.3 Å². The molecule has 10 heteroatoms. The molecule has 0 amide bonds. The fourth-order valence-electron chi connectivity index (χ4n) is 4.73. The monoisotopic (exact) mass is 543 g/mol. The van der Waals surface area contributed by atoms with Crippen LogP contribution in [0, 0.1) is 0 Å². The van der Waals surface area contributed by atoms with Crippen LogP contribution in [0.2, 0.25) is 5.02 Å². The molecule has 0 bridgehead atoms. The quantitative estimate of drug-likeness (QED) is 0.309. The first-order chi connectivity index (χ1) is 17.2. The van der Waals surface area contributed by atoms with Gasteiger partial charge in [-0.3, -0.25) is 0 Å². The lowest BCUT2D eigenvalue weighted by molar-refractivity contribution is -0.137. The maximum Gasteiger partial charge on any atom is 0.416 e. The van der Waals surface area contributed by atoms with Crippen molar-refractivity contribution in [2.45, 2.75) is 50.7 Å². The van der Waals surface area contributed by atoms with Crippen molar-refractivity contribution in [1.29, 1.82) is 0 Å². The minimum absolute atomic E-state index is 0.154. The number of thiocarbonyl (C=S) groups is 1. The van der Waals surface area contributed by atoms with E-state index in [0.29, 0.717) is 49.4 Å². The van der Waals surface area contributed by atoms with Gasteiger partial charge >= 0.3 is 6.18 Å². The van der Waals surface area contributed by atoms with Gasteiger partial charge in [-0.2, -0.15) is 13.2 Å². The number of alkyl halides is 4. The van der Waals surface area contributed by atoms with Crippen molar-refractivity contribution >= 4 is 40.2 Å². The number of nitrogens with one attached hydrogen (secondary N) is 1. The molecule has 4 nitrogen and oxygen atoms in total. The van der Waals surface area contributed by atoms with E-state index in [0.717, 1.165) is 54.2 Å². The minimum Gasteiger partial charge on any atom is -0.382 e. The van der Waals surface area contributed by atoms with Gasteiger partial charge in [-0.05, 0) is 68.1 Å². The Morgan fingerprint density at radius 2 is 1.67 bits per heavy atom. The highest BCUT2D eigenvalue weighted by atomic mass is 35.5. The largest absolute Gasteiger partial charge is 0.416 e. The van der Waals surface area contributed by atoms with Crippen molar-refractivity contribution in [3.05, 3.63) is 58.6 Å². The first kappa shape index (κ1) is 26.9. The Hall–Kier alpha value is -2.10. The third-order valence-electron chi connectivity index (χ3n) is 6.87. The van der Waals surface area contributed by atoms with Crippen molar-refractivity contribution in [3.63, 3.8) is 0 Å².